The van der Waals surface area contributed by atoms with E-state index in [1.807, 2.05) is 19.9 Å². The van der Waals surface area contributed by atoms with Crippen LogP contribution in [0.1, 0.15) is 41.3 Å². The van der Waals surface area contributed by atoms with Gasteiger partial charge in [-0.2, -0.15) is 0 Å². The van der Waals surface area contributed by atoms with Crippen molar-refractivity contribution in [2.75, 3.05) is 13.7 Å². The van der Waals surface area contributed by atoms with Gasteiger partial charge in [0.15, 0.2) is 5.78 Å². The van der Waals surface area contributed by atoms with Crippen molar-refractivity contribution in [3.8, 4) is 23.0 Å². The molecule has 0 amide bonds. The van der Waals surface area contributed by atoms with E-state index in [4.69, 9.17) is 9.47 Å². The molecule has 0 saturated heterocycles. The van der Waals surface area contributed by atoms with Gasteiger partial charge in [0, 0.05) is 17.7 Å². The largest absolute Gasteiger partial charge is 0.508 e. The van der Waals surface area contributed by atoms with E-state index < -0.39 is 5.92 Å². The molecular weight excluding hydrogens is 332 g/mol. The number of aromatic hydroxyl groups is 2. The molecule has 0 radical (unpaired) electrons. The van der Waals surface area contributed by atoms with Crippen molar-refractivity contribution in [1.29, 1.82) is 0 Å². The third kappa shape index (κ3) is 3.38. The van der Waals surface area contributed by atoms with Gasteiger partial charge in [-0.25, -0.2) is 0 Å². The highest BCUT2D eigenvalue weighted by molar-refractivity contribution is 6.05. The van der Waals surface area contributed by atoms with Crippen molar-refractivity contribution in [2.45, 2.75) is 26.2 Å². The predicted octanol–water partition coefficient (Wildman–Crippen LogP) is 3.97. The van der Waals surface area contributed by atoms with E-state index in [-0.39, 0.29) is 23.9 Å². The Labute approximate surface area is 152 Å². The van der Waals surface area contributed by atoms with Crippen molar-refractivity contribution in [3.05, 3.63) is 58.7 Å². The topological polar surface area (TPSA) is 76.0 Å². The Morgan fingerprint density at radius 3 is 2.69 bits per heavy atom. The highest BCUT2D eigenvalue weighted by atomic mass is 16.5. The van der Waals surface area contributed by atoms with Crippen LogP contribution in [0.2, 0.25) is 0 Å². The highest BCUT2D eigenvalue weighted by Gasteiger charge is 2.34. The zero-order valence-corrected chi connectivity index (χ0v) is 15.1. The predicted molar refractivity (Wildman–Crippen MR) is 98.5 cm³/mol. The third-order valence-electron chi connectivity index (χ3n) is 4.46. The number of phenols is 2. The van der Waals surface area contributed by atoms with Gasteiger partial charge < -0.3 is 19.7 Å². The number of hydrogen-bond acceptors (Lipinski definition) is 5. The van der Waals surface area contributed by atoms with Crippen molar-refractivity contribution in [2.24, 2.45) is 0 Å². The molecule has 0 aromatic heterocycles. The van der Waals surface area contributed by atoms with Crippen LogP contribution in [0.15, 0.2) is 42.0 Å². The summed E-state index contributed by atoms with van der Waals surface area (Å²) < 4.78 is 11.2. The Morgan fingerprint density at radius 1 is 1.23 bits per heavy atom. The second-order valence-corrected chi connectivity index (χ2v) is 6.61. The molecule has 1 heterocycles. The lowest BCUT2D eigenvalue weighted by atomic mass is 9.84. The number of carbonyl (C=O) groups excluding carboxylic acids is 1. The van der Waals surface area contributed by atoms with Crippen LogP contribution in [-0.2, 0) is 6.42 Å². The van der Waals surface area contributed by atoms with E-state index in [0.717, 1.165) is 16.7 Å². The van der Waals surface area contributed by atoms with E-state index in [1.165, 1.54) is 25.3 Å². The lowest BCUT2D eigenvalue weighted by Crippen LogP contribution is -2.27. The second kappa shape index (κ2) is 7.12. The third-order valence-corrected chi connectivity index (χ3v) is 4.46. The maximum atomic E-state index is 13.1. The van der Waals surface area contributed by atoms with Crippen LogP contribution in [0.25, 0.3) is 0 Å². The molecule has 5 heteroatoms. The van der Waals surface area contributed by atoms with E-state index in [1.54, 1.807) is 12.1 Å². The van der Waals surface area contributed by atoms with Crippen LogP contribution in [0.5, 0.6) is 23.0 Å². The van der Waals surface area contributed by atoms with Gasteiger partial charge in [0.2, 0.25) is 0 Å². The van der Waals surface area contributed by atoms with Gasteiger partial charge >= 0.3 is 0 Å². The molecule has 136 valence electrons. The smallest absolute Gasteiger partial charge is 0.177 e. The number of allylic oxidation sites excluding steroid dienone is 2. The van der Waals surface area contributed by atoms with Gasteiger partial charge in [0.1, 0.15) is 29.6 Å². The molecule has 1 aliphatic heterocycles. The monoisotopic (exact) mass is 354 g/mol. The van der Waals surface area contributed by atoms with E-state index in [0.29, 0.717) is 23.5 Å². The minimum atomic E-state index is -0.539. The Balaban J connectivity index is 2.09. The number of benzene rings is 2. The lowest BCUT2D eigenvalue weighted by Gasteiger charge is -2.27. The molecule has 0 fully saturated rings. The molecule has 0 spiro atoms. The van der Waals surface area contributed by atoms with Crippen molar-refractivity contribution >= 4 is 5.78 Å². The van der Waals surface area contributed by atoms with Crippen molar-refractivity contribution in [3.63, 3.8) is 0 Å². The molecule has 0 aliphatic carbocycles. The van der Waals surface area contributed by atoms with Crippen LogP contribution in [0, 0.1) is 0 Å². The molecule has 0 unspecified atom stereocenters. The highest BCUT2D eigenvalue weighted by Crippen LogP contribution is 2.41. The fourth-order valence-corrected chi connectivity index (χ4v) is 3.20. The molecule has 1 atom stereocenters. The van der Waals surface area contributed by atoms with Gasteiger partial charge in [-0.1, -0.05) is 11.6 Å². The minimum absolute atomic E-state index is 0.0569. The molecule has 5 nitrogen and oxygen atoms in total. The minimum Gasteiger partial charge on any atom is -0.508 e. The number of phenolic OH excluding ortho intramolecular Hbond substituents is 2. The number of hydrogen-bond donors (Lipinski definition) is 2. The molecule has 2 aromatic carbocycles. The number of ketones is 1. The lowest BCUT2D eigenvalue weighted by molar-refractivity contribution is 0.0893. The van der Waals surface area contributed by atoms with Gasteiger partial charge in [-0.05, 0) is 44.0 Å². The number of Topliss-reactive ketones (excluding diaryl/α,β-unsaturated/α-hetero) is 1. The Kier molecular flexibility index (Phi) is 4.89. The zero-order valence-electron chi connectivity index (χ0n) is 15.1. The Bertz CT molecular complexity index is 878. The summed E-state index contributed by atoms with van der Waals surface area (Å²) in [6.07, 6.45) is 2.62. The SMILES string of the molecule is COc1cc(O)cc(CC=C(C)C)c1[C@H]1COc2cc(O)ccc2C1=O. The first-order chi connectivity index (χ1) is 12.4. The summed E-state index contributed by atoms with van der Waals surface area (Å²) in [5.41, 5.74) is 3.13. The van der Waals surface area contributed by atoms with E-state index >= 15 is 0 Å². The molecule has 1 aliphatic rings. The summed E-state index contributed by atoms with van der Waals surface area (Å²) >= 11 is 0. The molecule has 3 rings (SSSR count). The van der Waals surface area contributed by atoms with Gasteiger partial charge in [0.25, 0.3) is 0 Å². The fraction of sp³-hybridized carbons (Fsp3) is 0.286. The summed E-state index contributed by atoms with van der Waals surface area (Å²) in [5.74, 6) is 0.372. The summed E-state index contributed by atoms with van der Waals surface area (Å²) in [4.78, 5) is 13.1. The quantitative estimate of drug-likeness (QED) is 0.813. The molecular formula is C21H22O5. The number of ether oxygens (including phenoxy) is 2. The number of fused-ring (bicyclic) bond motifs is 1. The zero-order chi connectivity index (χ0) is 18.8. The van der Waals surface area contributed by atoms with Crippen molar-refractivity contribution in [1.82, 2.24) is 0 Å². The molecule has 0 bridgehead atoms. The van der Waals surface area contributed by atoms with Crippen LogP contribution >= 0.6 is 0 Å². The van der Waals surface area contributed by atoms with Gasteiger partial charge in [0.05, 0.1) is 18.6 Å². The van der Waals surface area contributed by atoms with Crippen LogP contribution in [-0.4, -0.2) is 29.7 Å². The first-order valence-electron chi connectivity index (χ1n) is 8.44. The molecule has 2 aromatic rings. The molecule has 0 saturated carbocycles. The van der Waals surface area contributed by atoms with Gasteiger partial charge in [-0.3, -0.25) is 4.79 Å². The summed E-state index contributed by atoms with van der Waals surface area (Å²) in [5, 5.41) is 19.6. The van der Waals surface area contributed by atoms with Crippen LogP contribution in [0.3, 0.4) is 0 Å². The summed E-state index contributed by atoms with van der Waals surface area (Å²) in [6, 6.07) is 7.67. The molecule has 2 N–H and O–H groups in total. The average Bonchev–Trinajstić information content (AvgIpc) is 2.60. The first-order valence-corrected chi connectivity index (χ1v) is 8.44. The van der Waals surface area contributed by atoms with Crippen LogP contribution < -0.4 is 9.47 Å². The van der Waals surface area contributed by atoms with E-state index in [2.05, 4.69) is 0 Å². The van der Waals surface area contributed by atoms with Crippen molar-refractivity contribution < 1.29 is 24.5 Å². The Hall–Kier alpha value is -2.95. The Morgan fingerprint density at radius 2 is 2.00 bits per heavy atom. The number of methoxy groups -OCH3 is 1. The second-order valence-electron chi connectivity index (χ2n) is 6.61. The number of carbonyl (C=O) groups is 1. The first kappa shape index (κ1) is 17.9. The normalized spacial score (nSPS) is 15.8. The van der Waals surface area contributed by atoms with Crippen LogP contribution in [0.4, 0.5) is 0 Å². The maximum Gasteiger partial charge on any atom is 0.177 e. The molecule has 26 heavy (non-hydrogen) atoms. The maximum absolute atomic E-state index is 13.1. The van der Waals surface area contributed by atoms with E-state index in [9.17, 15) is 15.0 Å². The summed E-state index contributed by atoms with van der Waals surface area (Å²) in [7, 11) is 1.52. The summed E-state index contributed by atoms with van der Waals surface area (Å²) in [6.45, 7) is 4.15. The fourth-order valence-electron chi connectivity index (χ4n) is 3.20. The van der Waals surface area contributed by atoms with Gasteiger partial charge in [-0.15, -0.1) is 0 Å². The average molecular weight is 354 g/mol. The number of rotatable bonds is 4. The standard InChI is InChI=1S/C21H22O5/c1-12(2)4-5-13-8-15(23)10-19(25-3)20(13)17-11-26-18-9-14(22)6-7-16(18)21(17)24/h4,6-10,17,22-23H,5,11H2,1-3H3/t17-/m1/s1.